The lowest BCUT2D eigenvalue weighted by Crippen LogP contribution is -2.57. The van der Waals surface area contributed by atoms with Gasteiger partial charge in [0.25, 0.3) is 0 Å². The molecule has 0 spiro atoms. The summed E-state index contributed by atoms with van der Waals surface area (Å²) in [6.45, 7) is 0. The maximum absolute atomic E-state index is 11.5. The molecule has 0 aromatic heterocycles. The van der Waals surface area contributed by atoms with Gasteiger partial charge in [0.15, 0.2) is 11.6 Å². The Morgan fingerprint density at radius 3 is 2.47 bits per heavy atom. The number of nitrogens with zero attached hydrogens (tertiary/aromatic N) is 6. The lowest BCUT2D eigenvalue weighted by atomic mass is 9.80. The van der Waals surface area contributed by atoms with Crippen LogP contribution in [0.2, 0.25) is 0 Å². The summed E-state index contributed by atoms with van der Waals surface area (Å²) >= 11 is 0. The average molecular weight is 236 g/mol. The third kappa shape index (κ3) is 1.69. The smallest absolute Gasteiger partial charge is 0.324 e. The number of ketones is 2. The van der Waals surface area contributed by atoms with Crippen molar-refractivity contribution >= 4 is 17.5 Å². The van der Waals surface area contributed by atoms with Crippen molar-refractivity contribution in [1.82, 2.24) is 0 Å². The summed E-state index contributed by atoms with van der Waals surface area (Å²) in [4.78, 5) is 38.4. The number of hydrogen-bond acceptors (Lipinski definition) is 5. The van der Waals surface area contributed by atoms with Crippen molar-refractivity contribution < 1.29 is 19.5 Å². The van der Waals surface area contributed by atoms with Crippen LogP contribution in [0.15, 0.2) is 22.4 Å². The maximum Gasteiger partial charge on any atom is 0.324 e. The van der Waals surface area contributed by atoms with Crippen molar-refractivity contribution in [3.63, 3.8) is 0 Å². The summed E-state index contributed by atoms with van der Waals surface area (Å²) in [7, 11) is 0. The summed E-state index contributed by atoms with van der Waals surface area (Å²) in [5, 5.41) is 14.7. The Kier molecular flexibility index (Phi) is 3.13. The monoisotopic (exact) mass is 236 g/mol. The molecule has 0 saturated heterocycles. The van der Waals surface area contributed by atoms with Crippen LogP contribution in [-0.4, -0.2) is 34.2 Å². The van der Waals surface area contributed by atoms with E-state index in [9.17, 15) is 14.4 Å². The maximum atomic E-state index is 11.5. The second kappa shape index (κ2) is 4.35. The van der Waals surface area contributed by atoms with E-state index in [1.807, 2.05) is 0 Å². The number of carbonyl (C=O) groups is 3. The highest BCUT2D eigenvalue weighted by molar-refractivity contribution is 6.23. The number of rotatable bonds is 3. The fourth-order valence-corrected chi connectivity index (χ4v) is 1.35. The van der Waals surface area contributed by atoms with E-state index in [-0.39, 0.29) is 0 Å². The van der Waals surface area contributed by atoms with Crippen molar-refractivity contribution in [2.45, 2.75) is 11.6 Å². The lowest BCUT2D eigenvalue weighted by molar-refractivity contribution is -0.150. The molecule has 0 radical (unpaired) electrons. The molecular weight excluding hydrogens is 232 g/mol. The molecule has 0 fully saturated rings. The van der Waals surface area contributed by atoms with Crippen LogP contribution in [0.5, 0.6) is 0 Å². The third-order valence-electron chi connectivity index (χ3n) is 2.14. The molecule has 1 aliphatic rings. The van der Waals surface area contributed by atoms with E-state index in [2.05, 4.69) is 20.1 Å². The Morgan fingerprint density at radius 1 is 1.35 bits per heavy atom. The van der Waals surface area contributed by atoms with Crippen LogP contribution < -0.4 is 0 Å². The highest BCUT2D eigenvalue weighted by Crippen LogP contribution is 2.27. The molecule has 0 aromatic carbocycles. The minimum Gasteiger partial charge on any atom is -0.480 e. The zero-order valence-electron chi connectivity index (χ0n) is 8.09. The minimum atomic E-state index is -2.74. The molecule has 1 aliphatic carbocycles. The standard InChI is InChI=1S/C7H4N6O4/c8-12-10-5-3(14)1-2-4(15)7(5,6(16)17)11-13-9/h1-2,5H,(H,16,17). The zero-order valence-corrected chi connectivity index (χ0v) is 8.09. The van der Waals surface area contributed by atoms with Crippen LogP contribution in [0, 0.1) is 0 Å². The first-order valence-corrected chi connectivity index (χ1v) is 4.11. The van der Waals surface area contributed by atoms with E-state index in [0.29, 0.717) is 6.08 Å². The summed E-state index contributed by atoms with van der Waals surface area (Å²) < 4.78 is 0. The van der Waals surface area contributed by atoms with Gasteiger partial charge in [-0.1, -0.05) is 10.2 Å². The first-order valence-electron chi connectivity index (χ1n) is 4.11. The Labute approximate surface area is 92.8 Å². The van der Waals surface area contributed by atoms with Gasteiger partial charge in [-0.3, -0.25) is 14.4 Å². The molecule has 2 unspecified atom stereocenters. The highest BCUT2D eigenvalue weighted by atomic mass is 16.4. The number of carboxylic acids is 1. The number of azide groups is 2. The summed E-state index contributed by atoms with van der Waals surface area (Å²) in [5.74, 6) is -3.90. The van der Waals surface area contributed by atoms with Crippen LogP contribution in [-0.2, 0) is 14.4 Å². The van der Waals surface area contributed by atoms with Gasteiger partial charge in [-0.2, -0.15) is 0 Å². The molecule has 17 heavy (non-hydrogen) atoms. The molecule has 1 rings (SSSR count). The molecule has 10 nitrogen and oxygen atoms in total. The van der Waals surface area contributed by atoms with Crippen LogP contribution >= 0.6 is 0 Å². The normalized spacial score (nSPS) is 26.9. The van der Waals surface area contributed by atoms with E-state index in [1.165, 1.54) is 0 Å². The van der Waals surface area contributed by atoms with Gasteiger partial charge in [-0.25, -0.2) is 0 Å². The van der Waals surface area contributed by atoms with Gasteiger partial charge >= 0.3 is 5.97 Å². The second-order valence-electron chi connectivity index (χ2n) is 2.97. The number of aliphatic carboxylic acids is 1. The number of carbonyl (C=O) groups excluding carboxylic acids is 2. The van der Waals surface area contributed by atoms with Crippen molar-refractivity contribution in [1.29, 1.82) is 0 Å². The first-order chi connectivity index (χ1) is 8.00. The zero-order chi connectivity index (χ0) is 13.1. The molecule has 0 saturated carbocycles. The molecule has 0 aromatic rings. The molecule has 1 N–H and O–H groups in total. The molecular formula is C7H4N6O4. The largest absolute Gasteiger partial charge is 0.480 e. The van der Waals surface area contributed by atoms with E-state index in [1.54, 1.807) is 0 Å². The summed E-state index contributed by atoms with van der Waals surface area (Å²) in [5.41, 5.74) is 13.8. The van der Waals surface area contributed by atoms with Gasteiger partial charge in [-0.05, 0) is 23.2 Å². The van der Waals surface area contributed by atoms with Gasteiger partial charge in [0.2, 0.25) is 5.54 Å². The Balaban J connectivity index is 3.60. The Bertz CT molecular complexity index is 522. The van der Waals surface area contributed by atoms with Gasteiger partial charge < -0.3 is 5.11 Å². The minimum absolute atomic E-state index is 0.675. The van der Waals surface area contributed by atoms with Crippen molar-refractivity contribution in [2.24, 2.45) is 10.2 Å². The number of hydrogen-bond donors (Lipinski definition) is 1. The van der Waals surface area contributed by atoms with Gasteiger partial charge in [-0.15, -0.1) is 0 Å². The fourth-order valence-electron chi connectivity index (χ4n) is 1.35. The van der Waals surface area contributed by atoms with Crippen LogP contribution in [0.1, 0.15) is 0 Å². The Morgan fingerprint density at radius 2 is 2.00 bits per heavy atom. The van der Waals surface area contributed by atoms with Gasteiger partial charge in [0, 0.05) is 9.82 Å². The average Bonchev–Trinajstić information content (AvgIpc) is 2.28. The molecule has 2 atom stereocenters. The third-order valence-corrected chi connectivity index (χ3v) is 2.14. The quantitative estimate of drug-likeness (QED) is 0.326. The van der Waals surface area contributed by atoms with E-state index < -0.39 is 29.1 Å². The Hall–Kier alpha value is -2.83. The summed E-state index contributed by atoms with van der Waals surface area (Å²) in [6.07, 6.45) is 1.45. The fraction of sp³-hybridized carbons (Fsp3) is 0.286. The molecule has 10 heteroatoms. The van der Waals surface area contributed by atoms with Gasteiger partial charge in [0.05, 0.1) is 0 Å². The van der Waals surface area contributed by atoms with E-state index in [0.717, 1.165) is 6.08 Å². The van der Waals surface area contributed by atoms with Crippen LogP contribution in [0.3, 0.4) is 0 Å². The van der Waals surface area contributed by atoms with E-state index in [4.69, 9.17) is 16.2 Å². The highest BCUT2D eigenvalue weighted by Gasteiger charge is 2.55. The second-order valence-corrected chi connectivity index (χ2v) is 2.97. The molecule has 0 amide bonds. The van der Waals surface area contributed by atoms with Crippen LogP contribution in [0.25, 0.3) is 20.9 Å². The molecule has 86 valence electrons. The first kappa shape index (κ1) is 12.2. The van der Waals surface area contributed by atoms with E-state index >= 15 is 0 Å². The van der Waals surface area contributed by atoms with Crippen molar-refractivity contribution in [3.05, 3.63) is 33.0 Å². The van der Waals surface area contributed by atoms with Crippen molar-refractivity contribution in [2.75, 3.05) is 0 Å². The molecule has 0 aliphatic heterocycles. The molecule has 0 bridgehead atoms. The van der Waals surface area contributed by atoms with Gasteiger partial charge in [0.1, 0.15) is 6.04 Å². The lowest BCUT2D eigenvalue weighted by Gasteiger charge is -2.28. The summed E-state index contributed by atoms with van der Waals surface area (Å²) in [6, 6.07) is -1.92. The number of carboxylic acid groups (broad SMARTS) is 1. The topological polar surface area (TPSA) is 169 Å². The van der Waals surface area contributed by atoms with Crippen molar-refractivity contribution in [3.8, 4) is 0 Å². The predicted molar refractivity (Wildman–Crippen MR) is 51.6 cm³/mol. The SMILES string of the molecule is [N-]=[N+]=NC1C(=O)C=CC(=O)C1(N=[N+]=[N-])C(=O)O. The van der Waals surface area contributed by atoms with Crippen LogP contribution in [0.4, 0.5) is 0 Å². The predicted octanol–water partition coefficient (Wildman–Crippen LogP) is 0.507. The molecule has 0 heterocycles.